The fourth-order valence-electron chi connectivity index (χ4n) is 1.57. The minimum Gasteiger partial charge on any atom is -0.480 e. The van der Waals surface area contributed by atoms with Crippen molar-refractivity contribution in [1.82, 2.24) is 9.78 Å². The van der Waals surface area contributed by atoms with Crippen LogP contribution in [0.5, 0.6) is 0 Å². The van der Waals surface area contributed by atoms with Crippen molar-refractivity contribution in [2.24, 2.45) is 5.73 Å². The van der Waals surface area contributed by atoms with E-state index in [1.165, 1.54) is 4.68 Å². The van der Waals surface area contributed by atoms with Crippen molar-refractivity contribution in [3.8, 4) is 0 Å². The SMILES string of the molecule is NC(Cn1ncc(=O)c2ccccc21)C(=O)O. The van der Waals surface area contributed by atoms with Gasteiger partial charge in [0.15, 0.2) is 0 Å². The predicted molar refractivity (Wildman–Crippen MR) is 61.6 cm³/mol. The minimum atomic E-state index is -1.10. The van der Waals surface area contributed by atoms with E-state index in [0.717, 1.165) is 6.20 Å². The molecule has 1 aromatic carbocycles. The summed E-state index contributed by atoms with van der Waals surface area (Å²) in [5, 5.41) is 13.1. The molecule has 17 heavy (non-hydrogen) atoms. The summed E-state index contributed by atoms with van der Waals surface area (Å²) in [5.41, 5.74) is 5.83. The molecule has 0 aliphatic rings. The van der Waals surface area contributed by atoms with Crippen LogP contribution in [-0.4, -0.2) is 26.9 Å². The van der Waals surface area contributed by atoms with Crippen molar-refractivity contribution in [1.29, 1.82) is 0 Å². The molecule has 1 aromatic heterocycles. The Balaban J connectivity index is 2.52. The fourth-order valence-corrected chi connectivity index (χ4v) is 1.57. The highest BCUT2D eigenvalue weighted by molar-refractivity contribution is 5.78. The van der Waals surface area contributed by atoms with E-state index >= 15 is 0 Å². The Kier molecular flexibility index (Phi) is 2.88. The van der Waals surface area contributed by atoms with Gasteiger partial charge in [0.25, 0.3) is 0 Å². The highest BCUT2D eigenvalue weighted by Gasteiger charge is 2.13. The second kappa shape index (κ2) is 4.34. The first-order valence-corrected chi connectivity index (χ1v) is 5.03. The van der Waals surface area contributed by atoms with Gasteiger partial charge < -0.3 is 10.8 Å². The predicted octanol–water partition coefficient (Wildman–Crippen LogP) is -0.192. The third-order valence-corrected chi connectivity index (χ3v) is 2.45. The molecule has 0 fully saturated rings. The highest BCUT2D eigenvalue weighted by atomic mass is 16.4. The zero-order valence-corrected chi connectivity index (χ0v) is 8.91. The number of hydrogen-bond acceptors (Lipinski definition) is 4. The Labute approximate surface area is 96.3 Å². The lowest BCUT2D eigenvalue weighted by Crippen LogP contribution is -2.35. The number of hydrogen-bond donors (Lipinski definition) is 2. The molecule has 0 spiro atoms. The molecule has 6 nitrogen and oxygen atoms in total. The van der Waals surface area contributed by atoms with Gasteiger partial charge >= 0.3 is 5.97 Å². The van der Waals surface area contributed by atoms with Gasteiger partial charge in [0.05, 0.1) is 18.3 Å². The minimum absolute atomic E-state index is 0.0239. The molecule has 2 aromatic rings. The summed E-state index contributed by atoms with van der Waals surface area (Å²) in [6.07, 6.45) is 1.16. The lowest BCUT2D eigenvalue weighted by molar-refractivity contribution is -0.138. The van der Waals surface area contributed by atoms with Crippen LogP contribution in [0.4, 0.5) is 0 Å². The number of benzene rings is 1. The first-order chi connectivity index (χ1) is 8.09. The molecule has 2 rings (SSSR count). The van der Waals surface area contributed by atoms with Gasteiger partial charge in [-0.1, -0.05) is 12.1 Å². The van der Waals surface area contributed by atoms with Crippen LogP contribution >= 0.6 is 0 Å². The number of para-hydroxylation sites is 1. The second-order valence-electron chi connectivity index (χ2n) is 3.65. The number of fused-ring (bicyclic) bond motifs is 1. The van der Waals surface area contributed by atoms with Crippen molar-refractivity contribution >= 4 is 16.9 Å². The van der Waals surface area contributed by atoms with Crippen molar-refractivity contribution < 1.29 is 9.90 Å². The average molecular weight is 233 g/mol. The Bertz CT molecular complexity index is 621. The first kappa shape index (κ1) is 11.3. The van der Waals surface area contributed by atoms with E-state index in [1.54, 1.807) is 24.3 Å². The average Bonchev–Trinajstić information content (AvgIpc) is 2.33. The molecule has 1 unspecified atom stereocenters. The molecule has 0 radical (unpaired) electrons. The van der Waals surface area contributed by atoms with Crippen LogP contribution in [0.2, 0.25) is 0 Å². The second-order valence-corrected chi connectivity index (χ2v) is 3.65. The van der Waals surface area contributed by atoms with Crippen LogP contribution < -0.4 is 11.2 Å². The normalized spacial score (nSPS) is 12.5. The van der Waals surface area contributed by atoms with Gasteiger partial charge in [-0.3, -0.25) is 14.3 Å². The van der Waals surface area contributed by atoms with Crippen LogP contribution in [0.3, 0.4) is 0 Å². The van der Waals surface area contributed by atoms with Gasteiger partial charge in [0.2, 0.25) is 5.43 Å². The van der Waals surface area contributed by atoms with Gasteiger partial charge in [-0.15, -0.1) is 0 Å². The molecule has 0 aliphatic heterocycles. The Morgan fingerprint density at radius 1 is 1.47 bits per heavy atom. The van der Waals surface area contributed by atoms with E-state index in [9.17, 15) is 9.59 Å². The van der Waals surface area contributed by atoms with E-state index in [4.69, 9.17) is 10.8 Å². The summed E-state index contributed by atoms with van der Waals surface area (Å²) in [6.45, 7) is 0.0239. The number of carboxylic acid groups (broad SMARTS) is 1. The number of aliphatic carboxylic acids is 1. The molecule has 1 atom stereocenters. The molecular formula is C11H11N3O3. The van der Waals surface area contributed by atoms with Gasteiger partial charge in [0, 0.05) is 5.39 Å². The Hall–Kier alpha value is -2.21. The maximum Gasteiger partial charge on any atom is 0.322 e. The number of rotatable bonds is 3. The summed E-state index contributed by atoms with van der Waals surface area (Å²) in [4.78, 5) is 22.2. The van der Waals surface area contributed by atoms with Crippen LogP contribution in [0, 0.1) is 0 Å². The van der Waals surface area contributed by atoms with Crippen molar-refractivity contribution in [2.45, 2.75) is 12.6 Å². The van der Waals surface area contributed by atoms with E-state index in [1.807, 2.05) is 0 Å². The standard InChI is InChI=1S/C11H11N3O3/c12-8(11(16)17)6-14-9-4-2-1-3-7(9)10(15)5-13-14/h1-5,8H,6,12H2,(H,16,17). The summed E-state index contributed by atoms with van der Waals surface area (Å²) < 4.78 is 1.43. The molecule has 0 amide bonds. The molecule has 3 N–H and O–H groups in total. The van der Waals surface area contributed by atoms with Gasteiger partial charge in [-0.25, -0.2) is 0 Å². The van der Waals surface area contributed by atoms with Gasteiger partial charge in [-0.2, -0.15) is 5.10 Å². The van der Waals surface area contributed by atoms with Gasteiger partial charge in [-0.05, 0) is 12.1 Å². The lowest BCUT2D eigenvalue weighted by atomic mass is 10.2. The topological polar surface area (TPSA) is 98.2 Å². The molecule has 0 aliphatic carbocycles. The van der Waals surface area contributed by atoms with E-state index in [-0.39, 0.29) is 12.0 Å². The molecular weight excluding hydrogens is 222 g/mol. The van der Waals surface area contributed by atoms with Crippen LogP contribution in [0.15, 0.2) is 35.3 Å². The molecule has 0 saturated heterocycles. The van der Waals surface area contributed by atoms with Crippen molar-refractivity contribution in [2.75, 3.05) is 0 Å². The number of nitrogens with two attached hydrogens (primary N) is 1. The summed E-state index contributed by atoms with van der Waals surface area (Å²) in [6, 6.07) is 5.83. The first-order valence-electron chi connectivity index (χ1n) is 5.03. The van der Waals surface area contributed by atoms with E-state index in [2.05, 4.69) is 5.10 Å². The zero-order valence-electron chi connectivity index (χ0n) is 8.91. The van der Waals surface area contributed by atoms with E-state index < -0.39 is 12.0 Å². The quantitative estimate of drug-likeness (QED) is 0.765. The summed E-state index contributed by atoms with van der Waals surface area (Å²) in [5.74, 6) is -1.10. The van der Waals surface area contributed by atoms with Crippen LogP contribution in [0.25, 0.3) is 10.9 Å². The Morgan fingerprint density at radius 2 is 2.18 bits per heavy atom. The number of carboxylic acids is 1. The molecule has 1 heterocycles. The Morgan fingerprint density at radius 3 is 2.88 bits per heavy atom. The van der Waals surface area contributed by atoms with Gasteiger partial charge in [0.1, 0.15) is 6.04 Å². The monoisotopic (exact) mass is 233 g/mol. The molecule has 0 saturated carbocycles. The smallest absolute Gasteiger partial charge is 0.322 e. The molecule has 6 heteroatoms. The number of carbonyl (C=O) groups is 1. The fraction of sp³-hybridized carbons (Fsp3) is 0.182. The van der Waals surface area contributed by atoms with Crippen LogP contribution in [-0.2, 0) is 11.3 Å². The maximum atomic E-state index is 11.5. The highest BCUT2D eigenvalue weighted by Crippen LogP contribution is 2.07. The van der Waals surface area contributed by atoms with Crippen LogP contribution in [0.1, 0.15) is 0 Å². The number of aromatic nitrogens is 2. The number of nitrogens with zero attached hydrogens (tertiary/aromatic N) is 2. The zero-order chi connectivity index (χ0) is 12.4. The third-order valence-electron chi connectivity index (χ3n) is 2.45. The molecule has 0 bridgehead atoms. The maximum absolute atomic E-state index is 11.5. The van der Waals surface area contributed by atoms with Crippen molar-refractivity contribution in [3.63, 3.8) is 0 Å². The van der Waals surface area contributed by atoms with E-state index in [0.29, 0.717) is 10.9 Å². The third kappa shape index (κ3) is 2.16. The summed E-state index contributed by atoms with van der Waals surface area (Å²) in [7, 11) is 0. The van der Waals surface area contributed by atoms with Crippen molar-refractivity contribution in [3.05, 3.63) is 40.7 Å². The summed E-state index contributed by atoms with van der Waals surface area (Å²) >= 11 is 0. The lowest BCUT2D eigenvalue weighted by Gasteiger charge is -2.11. The molecule has 88 valence electrons. The largest absolute Gasteiger partial charge is 0.480 e.